The third-order valence-corrected chi connectivity index (χ3v) is 11.1. The first-order chi connectivity index (χ1) is 27.8. The SMILES string of the molecule is c1ccc(-c2nc(-c3ccc4c(c3)c3ccccc3n4-c3cccc(-n4c5ccccc5c5c6oc7ccccc7c6ccc54)c3)n(-c3ccccc3)n2)cc1. The molecule has 0 bridgehead atoms. The lowest BCUT2D eigenvalue weighted by atomic mass is 10.1. The minimum Gasteiger partial charge on any atom is -0.455 e. The van der Waals surface area contributed by atoms with Crippen LogP contribution in [0.5, 0.6) is 0 Å². The predicted molar refractivity (Wildman–Crippen MR) is 228 cm³/mol. The molecule has 262 valence electrons. The Bertz CT molecular complexity index is 3480. The van der Waals surface area contributed by atoms with Crippen molar-refractivity contribution in [2.24, 2.45) is 0 Å². The summed E-state index contributed by atoms with van der Waals surface area (Å²) in [5, 5.41) is 11.9. The minimum absolute atomic E-state index is 0.690. The maximum absolute atomic E-state index is 6.57. The molecule has 12 aromatic rings. The molecule has 8 aromatic carbocycles. The lowest BCUT2D eigenvalue weighted by molar-refractivity contribution is 0.673. The summed E-state index contributed by atoms with van der Waals surface area (Å²) in [5.74, 6) is 1.48. The van der Waals surface area contributed by atoms with Crippen molar-refractivity contribution < 1.29 is 4.42 Å². The molecule has 12 rings (SSSR count). The van der Waals surface area contributed by atoms with Crippen molar-refractivity contribution >= 4 is 65.6 Å². The number of hydrogen-bond donors (Lipinski definition) is 0. The topological polar surface area (TPSA) is 53.7 Å². The molecule has 6 heteroatoms. The lowest BCUT2D eigenvalue weighted by Gasteiger charge is -2.13. The van der Waals surface area contributed by atoms with E-state index in [0.717, 1.165) is 88.8 Å². The van der Waals surface area contributed by atoms with E-state index in [2.05, 4.69) is 155 Å². The van der Waals surface area contributed by atoms with E-state index in [1.165, 1.54) is 10.8 Å². The van der Waals surface area contributed by atoms with Crippen molar-refractivity contribution in [3.05, 3.63) is 188 Å². The van der Waals surface area contributed by atoms with Gasteiger partial charge in [0.15, 0.2) is 11.6 Å². The maximum atomic E-state index is 6.57. The largest absolute Gasteiger partial charge is 0.455 e. The summed E-state index contributed by atoms with van der Waals surface area (Å²) in [5.41, 5.74) is 11.4. The van der Waals surface area contributed by atoms with E-state index in [1.807, 2.05) is 47.1 Å². The Morgan fingerprint density at radius 3 is 1.80 bits per heavy atom. The van der Waals surface area contributed by atoms with E-state index >= 15 is 0 Å². The van der Waals surface area contributed by atoms with Crippen LogP contribution in [0.2, 0.25) is 0 Å². The first kappa shape index (κ1) is 30.7. The van der Waals surface area contributed by atoms with Crippen LogP contribution >= 0.6 is 0 Å². The number of fused-ring (bicyclic) bond motifs is 10. The van der Waals surface area contributed by atoms with Crippen LogP contribution in [0.3, 0.4) is 0 Å². The summed E-state index contributed by atoms with van der Waals surface area (Å²) in [6, 6.07) is 66.0. The van der Waals surface area contributed by atoms with Gasteiger partial charge in [-0.25, -0.2) is 9.67 Å². The van der Waals surface area contributed by atoms with Crippen LogP contribution < -0.4 is 0 Å². The second-order valence-corrected chi connectivity index (χ2v) is 14.3. The summed E-state index contributed by atoms with van der Waals surface area (Å²) in [4.78, 5) is 5.14. The number of hydrogen-bond acceptors (Lipinski definition) is 3. The average molecular weight is 718 g/mol. The Balaban J connectivity index is 1.05. The molecule has 0 aliphatic rings. The molecular formula is C50H31N5O. The molecule has 0 aliphatic carbocycles. The summed E-state index contributed by atoms with van der Waals surface area (Å²) in [6.45, 7) is 0. The van der Waals surface area contributed by atoms with Crippen LogP contribution in [0.15, 0.2) is 192 Å². The maximum Gasteiger partial charge on any atom is 0.182 e. The summed E-state index contributed by atoms with van der Waals surface area (Å²) >= 11 is 0. The van der Waals surface area contributed by atoms with Crippen molar-refractivity contribution in [2.45, 2.75) is 0 Å². The van der Waals surface area contributed by atoms with Crippen molar-refractivity contribution in [1.82, 2.24) is 23.9 Å². The number of para-hydroxylation sites is 4. The molecule has 0 radical (unpaired) electrons. The van der Waals surface area contributed by atoms with Crippen LogP contribution in [0.4, 0.5) is 0 Å². The summed E-state index contributed by atoms with van der Waals surface area (Å²) in [6.07, 6.45) is 0. The minimum atomic E-state index is 0.690. The fourth-order valence-corrected chi connectivity index (χ4v) is 8.63. The highest BCUT2D eigenvalue weighted by molar-refractivity contribution is 6.23. The quantitative estimate of drug-likeness (QED) is 0.178. The highest BCUT2D eigenvalue weighted by Crippen LogP contribution is 2.41. The fourth-order valence-electron chi connectivity index (χ4n) is 8.63. The van der Waals surface area contributed by atoms with Gasteiger partial charge in [0.05, 0.1) is 33.1 Å². The highest BCUT2D eigenvalue weighted by Gasteiger charge is 2.21. The molecule has 4 aromatic heterocycles. The standard InChI is InChI=1S/C50H31N5O/c1-3-14-32(15-4-1)49-51-50(55(52-49)34-16-5-2-6-17-34)33-26-28-44-41(30-33)37-20-7-10-23-42(37)53(44)35-18-13-19-36(31-35)54-43-24-11-8-22-40(43)47-45(54)29-27-39-38-21-9-12-25-46(38)56-48(39)47/h1-31H. The van der Waals surface area contributed by atoms with Crippen LogP contribution in [0.25, 0.3) is 105 Å². The third-order valence-electron chi connectivity index (χ3n) is 11.1. The molecule has 0 spiro atoms. The zero-order valence-corrected chi connectivity index (χ0v) is 30.0. The normalized spacial score (nSPS) is 11.9. The van der Waals surface area contributed by atoms with Crippen molar-refractivity contribution in [1.29, 1.82) is 0 Å². The predicted octanol–water partition coefficient (Wildman–Crippen LogP) is 12.7. The molecular weight excluding hydrogens is 687 g/mol. The Kier molecular flexibility index (Phi) is 6.53. The van der Waals surface area contributed by atoms with E-state index in [0.29, 0.717) is 5.82 Å². The van der Waals surface area contributed by atoms with E-state index in [1.54, 1.807) is 0 Å². The molecule has 0 aliphatic heterocycles. The van der Waals surface area contributed by atoms with Gasteiger partial charge in [0.1, 0.15) is 11.2 Å². The molecule has 0 unspecified atom stereocenters. The molecule has 56 heavy (non-hydrogen) atoms. The van der Waals surface area contributed by atoms with Gasteiger partial charge < -0.3 is 13.6 Å². The van der Waals surface area contributed by atoms with Gasteiger partial charge in [-0.2, -0.15) is 0 Å². The first-order valence-corrected chi connectivity index (χ1v) is 18.8. The average Bonchev–Trinajstić information content (AvgIpc) is 4.04. The second kappa shape index (κ2) is 11.9. The third kappa shape index (κ3) is 4.50. The van der Waals surface area contributed by atoms with Crippen molar-refractivity contribution in [3.63, 3.8) is 0 Å². The van der Waals surface area contributed by atoms with E-state index < -0.39 is 0 Å². The lowest BCUT2D eigenvalue weighted by Crippen LogP contribution is -2.00. The van der Waals surface area contributed by atoms with Gasteiger partial charge in [0.2, 0.25) is 0 Å². The van der Waals surface area contributed by atoms with Gasteiger partial charge in [0.25, 0.3) is 0 Å². The highest BCUT2D eigenvalue weighted by atomic mass is 16.3. The van der Waals surface area contributed by atoms with Gasteiger partial charge in [-0.15, -0.1) is 5.10 Å². The van der Waals surface area contributed by atoms with E-state index in [-0.39, 0.29) is 0 Å². The Morgan fingerprint density at radius 2 is 1.00 bits per heavy atom. The molecule has 0 amide bonds. The van der Waals surface area contributed by atoms with Crippen LogP contribution in [0, 0.1) is 0 Å². The van der Waals surface area contributed by atoms with Gasteiger partial charge in [-0.05, 0) is 78.9 Å². The van der Waals surface area contributed by atoms with Crippen molar-refractivity contribution in [3.8, 4) is 39.8 Å². The summed E-state index contributed by atoms with van der Waals surface area (Å²) in [7, 11) is 0. The Labute approximate surface area is 320 Å². The molecule has 0 saturated heterocycles. The molecule has 0 fully saturated rings. The van der Waals surface area contributed by atoms with Crippen LogP contribution in [0.1, 0.15) is 0 Å². The van der Waals surface area contributed by atoms with Gasteiger partial charge >= 0.3 is 0 Å². The van der Waals surface area contributed by atoms with E-state index in [9.17, 15) is 0 Å². The van der Waals surface area contributed by atoms with Gasteiger partial charge in [-0.1, -0.05) is 109 Å². The Morgan fingerprint density at radius 1 is 0.393 bits per heavy atom. The molecule has 0 atom stereocenters. The number of benzene rings is 8. The number of furan rings is 1. The molecule has 4 heterocycles. The second-order valence-electron chi connectivity index (χ2n) is 14.3. The van der Waals surface area contributed by atoms with Crippen LogP contribution in [-0.4, -0.2) is 23.9 Å². The van der Waals surface area contributed by atoms with Gasteiger partial charge in [0, 0.05) is 49.4 Å². The zero-order chi connectivity index (χ0) is 36.7. The van der Waals surface area contributed by atoms with Gasteiger partial charge in [-0.3, -0.25) is 0 Å². The summed E-state index contributed by atoms with van der Waals surface area (Å²) < 4.78 is 13.3. The fraction of sp³-hybridized carbons (Fsp3) is 0. The molecule has 0 N–H and O–H groups in total. The smallest absolute Gasteiger partial charge is 0.182 e. The molecule has 0 saturated carbocycles. The monoisotopic (exact) mass is 717 g/mol. The van der Waals surface area contributed by atoms with E-state index in [4.69, 9.17) is 14.5 Å². The first-order valence-electron chi connectivity index (χ1n) is 18.8. The van der Waals surface area contributed by atoms with Crippen LogP contribution in [-0.2, 0) is 0 Å². The molecule has 6 nitrogen and oxygen atoms in total. The van der Waals surface area contributed by atoms with Crippen molar-refractivity contribution in [2.75, 3.05) is 0 Å². The zero-order valence-electron chi connectivity index (χ0n) is 30.0. The Hall–Kier alpha value is -7.70. The number of rotatable bonds is 5. The number of nitrogens with zero attached hydrogens (tertiary/aromatic N) is 5. The number of aromatic nitrogens is 5.